The topological polar surface area (TPSA) is 48.1 Å². The normalized spacial score (nSPS) is 10.8. The number of para-hydroxylation sites is 1. The van der Waals surface area contributed by atoms with Crippen LogP contribution in [0.5, 0.6) is 0 Å². The maximum atomic E-state index is 12.0. The van der Waals surface area contributed by atoms with Crippen LogP contribution in [0.25, 0.3) is 10.9 Å². The summed E-state index contributed by atoms with van der Waals surface area (Å²) in [5.74, 6) is 0.148. The summed E-state index contributed by atoms with van der Waals surface area (Å²) < 4.78 is 0. The smallest absolute Gasteiger partial charge is 0.226 e. The second-order valence-electron chi connectivity index (χ2n) is 4.46. The van der Waals surface area contributed by atoms with Gasteiger partial charge in [-0.2, -0.15) is 0 Å². The van der Waals surface area contributed by atoms with Crippen LogP contribution in [0.1, 0.15) is 5.56 Å². The van der Waals surface area contributed by atoms with E-state index in [4.69, 9.17) is 0 Å². The number of nitrogens with zero attached hydrogens (tertiary/aromatic N) is 1. The van der Waals surface area contributed by atoms with E-state index < -0.39 is 0 Å². The van der Waals surface area contributed by atoms with Gasteiger partial charge < -0.3 is 15.2 Å². The maximum Gasteiger partial charge on any atom is 0.226 e. The molecule has 0 aliphatic rings. The number of hydrogen-bond acceptors (Lipinski definition) is 2. The number of benzene rings is 1. The SMILES string of the molecule is CNCCN(C)C(=O)Cc1c[nH]c2ccccc12. The number of aromatic amines is 1. The Bertz CT molecular complexity index is 533. The predicted octanol–water partition coefficient (Wildman–Crippen LogP) is 1.39. The van der Waals surface area contributed by atoms with E-state index in [1.54, 1.807) is 4.90 Å². The average molecular weight is 245 g/mol. The monoisotopic (exact) mass is 245 g/mol. The van der Waals surface area contributed by atoms with Gasteiger partial charge in [-0.1, -0.05) is 18.2 Å². The Balaban J connectivity index is 2.07. The molecule has 1 aromatic heterocycles. The first-order valence-electron chi connectivity index (χ1n) is 6.16. The zero-order chi connectivity index (χ0) is 13.0. The van der Waals surface area contributed by atoms with Gasteiger partial charge >= 0.3 is 0 Å². The van der Waals surface area contributed by atoms with Crippen molar-refractivity contribution < 1.29 is 4.79 Å². The van der Waals surface area contributed by atoms with Crippen LogP contribution in [-0.2, 0) is 11.2 Å². The molecule has 4 heteroatoms. The molecule has 4 nitrogen and oxygen atoms in total. The highest BCUT2D eigenvalue weighted by Crippen LogP contribution is 2.18. The standard InChI is InChI=1S/C14H19N3O/c1-15-7-8-17(2)14(18)9-11-10-16-13-6-4-3-5-12(11)13/h3-6,10,15-16H,7-9H2,1-2H3. The van der Waals surface area contributed by atoms with Crippen LogP contribution in [0.2, 0.25) is 0 Å². The Labute approximate surface area is 107 Å². The molecular weight excluding hydrogens is 226 g/mol. The molecule has 2 N–H and O–H groups in total. The van der Waals surface area contributed by atoms with E-state index in [0.717, 1.165) is 29.6 Å². The number of aromatic nitrogens is 1. The Morgan fingerprint density at radius 3 is 2.94 bits per heavy atom. The Morgan fingerprint density at radius 2 is 2.17 bits per heavy atom. The number of likely N-dealkylation sites (N-methyl/N-ethyl adjacent to an activating group) is 2. The highest BCUT2D eigenvalue weighted by Gasteiger charge is 2.11. The van der Waals surface area contributed by atoms with E-state index in [1.165, 1.54) is 0 Å². The van der Waals surface area contributed by atoms with Crippen molar-refractivity contribution in [1.29, 1.82) is 0 Å². The number of carbonyl (C=O) groups excluding carboxylic acids is 1. The summed E-state index contributed by atoms with van der Waals surface area (Å²) in [7, 11) is 3.73. The quantitative estimate of drug-likeness (QED) is 0.836. The van der Waals surface area contributed by atoms with Crippen LogP contribution < -0.4 is 5.32 Å². The molecule has 0 spiro atoms. The van der Waals surface area contributed by atoms with Gasteiger partial charge in [0.1, 0.15) is 0 Å². The van der Waals surface area contributed by atoms with E-state index in [2.05, 4.69) is 10.3 Å². The molecule has 1 aromatic carbocycles. The number of fused-ring (bicyclic) bond motifs is 1. The molecule has 2 aromatic rings. The Kier molecular flexibility index (Phi) is 3.99. The molecule has 0 saturated carbocycles. The average Bonchev–Trinajstić information content (AvgIpc) is 2.79. The number of amides is 1. The van der Waals surface area contributed by atoms with Gasteiger partial charge in [-0.3, -0.25) is 4.79 Å². The van der Waals surface area contributed by atoms with Crippen LogP contribution in [-0.4, -0.2) is 43.0 Å². The molecule has 0 fully saturated rings. The zero-order valence-corrected chi connectivity index (χ0v) is 10.9. The van der Waals surface area contributed by atoms with Crippen LogP contribution in [0, 0.1) is 0 Å². The Morgan fingerprint density at radius 1 is 1.39 bits per heavy atom. The molecule has 2 rings (SSSR count). The van der Waals surface area contributed by atoms with Gasteiger partial charge in [0, 0.05) is 37.2 Å². The number of carbonyl (C=O) groups is 1. The minimum absolute atomic E-state index is 0.148. The first-order chi connectivity index (χ1) is 8.72. The van der Waals surface area contributed by atoms with Gasteiger partial charge in [-0.05, 0) is 18.7 Å². The summed E-state index contributed by atoms with van der Waals surface area (Å²) in [5.41, 5.74) is 2.14. The van der Waals surface area contributed by atoms with Gasteiger partial charge in [-0.15, -0.1) is 0 Å². The lowest BCUT2D eigenvalue weighted by molar-refractivity contribution is -0.129. The van der Waals surface area contributed by atoms with Gasteiger partial charge in [0.25, 0.3) is 0 Å². The van der Waals surface area contributed by atoms with Crippen LogP contribution in [0.15, 0.2) is 30.5 Å². The third-order valence-corrected chi connectivity index (χ3v) is 3.14. The minimum atomic E-state index is 0.148. The van der Waals surface area contributed by atoms with Crippen molar-refractivity contribution in [3.05, 3.63) is 36.0 Å². The highest BCUT2D eigenvalue weighted by atomic mass is 16.2. The molecule has 0 aliphatic heterocycles. The lowest BCUT2D eigenvalue weighted by atomic mass is 10.1. The fourth-order valence-corrected chi connectivity index (χ4v) is 1.98. The van der Waals surface area contributed by atoms with E-state index in [-0.39, 0.29) is 5.91 Å². The Hall–Kier alpha value is -1.81. The molecule has 0 radical (unpaired) electrons. The summed E-state index contributed by atoms with van der Waals surface area (Å²) in [4.78, 5) is 17.0. The van der Waals surface area contributed by atoms with Crippen molar-refractivity contribution in [2.24, 2.45) is 0 Å². The lowest BCUT2D eigenvalue weighted by Crippen LogP contribution is -2.33. The second kappa shape index (κ2) is 5.69. The summed E-state index contributed by atoms with van der Waals surface area (Å²) in [6, 6.07) is 8.05. The molecule has 1 amide bonds. The lowest BCUT2D eigenvalue weighted by Gasteiger charge is -2.16. The first-order valence-corrected chi connectivity index (χ1v) is 6.16. The van der Waals surface area contributed by atoms with Crippen LogP contribution in [0.4, 0.5) is 0 Å². The molecule has 96 valence electrons. The summed E-state index contributed by atoms with van der Waals surface area (Å²) >= 11 is 0. The highest BCUT2D eigenvalue weighted by molar-refractivity contribution is 5.88. The number of rotatable bonds is 5. The molecule has 0 bridgehead atoms. The summed E-state index contributed by atoms with van der Waals surface area (Å²) in [5, 5.41) is 4.17. The molecular formula is C14H19N3O. The van der Waals surface area contributed by atoms with Crippen molar-refractivity contribution in [2.75, 3.05) is 27.2 Å². The molecule has 18 heavy (non-hydrogen) atoms. The number of nitrogens with one attached hydrogen (secondary N) is 2. The first kappa shape index (κ1) is 12.6. The zero-order valence-electron chi connectivity index (χ0n) is 10.9. The minimum Gasteiger partial charge on any atom is -0.361 e. The summed E-state index contributed by atoms with van der Waals surface area (Å²) in [6.45, 7) is 1.55. The van der Waals surface area contributed by atoms with Crippen molar-refractivity contribution in [2.45, 2.75) is 6.42 Å². The van der Waals surface area contributed by atoms with Gasteiger partial charge in [0.15, 0.2) is 0 Å². The second-order valence-corrected chi connectivity index (χ2v) is 4.46. The maximum absolute atomic E-state index is 12.0. The van der Waals surface area contributed by atoms with Crippen molar-refractivity contribution >= 4 is 16.8 Å². The number of H-pyrrole nitrogens is 1. The van der Waals surface area contributed by atoms with Crippen LogP contribution in [0.3, 0.4) is 0 Å². The van der Waals surface area contributed by atoms with E-state index in [0.29, 0.717) is 6.42 Å². The van der Waals surface area contributed by atoms with Crippen molar-refractivity contribution in [3.63, 3.8) is 0 Å². The van der Waals surface area contributed by atoms with E-state index >= 15 is 0 Å². The van der Waals surface area contributed by atoms with Crippen molar-refractivity contribution in [1.82, 2.24) is 15.2 Å². The summed E-state index contributed by atoms with van der Waals surface area (Å²) in [6.07, 6.45) is 2.37. The van der Waals surface area contributed by atoms with E-state index in [9.17, 15) is 4.79 Å². The third kappa shape index (κ3) is 2.71. The van der Waals surface area contributed by atoms with Crippen molar-refractivity contribution in [3.8, 4) is 0 Å². The molecule has 1 heterocycles. The number of hydrogen-bond donors (Lipinski definition) is 2. The fraction of sp³-hybridized carbons (Fsp3) is 0.357. The molecule has 0 unspecified atom stereocenters. The third-order valence-electron chi connectivity index (χ3n) is 3.14. The van der Waals surface area contributed by atoms with Gasteiger partial charge in [0.05, 0.1) is 6.42 Å². The molecule has 0 saturated heterocycles. The van der Waals surface area contributed by atoms with E-state index in [1.807, 2.05) is 44.6 Å². The molecule has 0 aliphatic carbocycles. The predicted molar refractivity (Wildman–Crippen MR) is 73.6 cm³/mol. The van der Waals surface area contributed by atoms with Gasteiger partial charge in [0.2, 0.25) is 5.91 Å². The van der Waals surface area contributed by atoms with Crippen LogP contribution >= 0.6 is 0 Å². The molecule has 0 atom stereocenters. The largest absolute Gasteiger partial charge is 0.361 e. The fourth-order valence-electron chi connectivity index (χ4n) is 1.98. The van der Waals surface area contributed by atoms with Gasteiger partial charge in [-0.25, -0.2) is 0 Å².